The van der Waals surface area contributed by atoms with Gasteiger partial charge in [-0.05, 0) is 50.2 Å². The summed E-state index contributed by atoms with van der Waals surface area (Å²) in [6.45, 7) is 15.8. The molecular formula is C39H46Cl3N3O12S3. The Hall–Kier alpha value is -3.20. The van der Waals surface area contributed by atoms with Gasteiger partial charge in [0.1, 0.15) is 40.5 Å². The molecule has 8 rings (SSSR count). The molecule has 5 aromatic rings. The van der Waals surface area contributed by atoms with Crippen LogP contribution in [-0.4, -0.2) is 94.7 Å². The molecule has 0 aliphatic carbocycles. The van der Waals surface area contributed by atoms with Crippen molar-refractivity contribution >= 4 is 92.2 Å². The Morgan fingerprint density at radius 3 is 1.40 bits per heavy atom. The van der Waals surface area contributed by atoms with Crippen molar-refractivity contribution in [2.75, 3.05) is 45.4 Å². The fraction of sp³-hybridized carbons (Fsp3) is 0.487. The molecule has 15 nitrogen and oxygen atoms in total. The van der Waals surface area contributed by atoms with E-state index in [2.05, 4.69) is 9.97 Å². The Kier molecular flexibility index (Phi) is 12.2. The molecule has 3 N–H and O–H groups in total. The minimum absolute atomic E-state index is 0.0143. The number of rotatable bonds is 6. The summed E-state index contributed by atoms with van der Waals surface area (Å²) in [5.41, 5.74) is 6.29. The molecule has 3 aromatic carbocycles. The monoisotopic (exact) mass is 949 g/mol. The molecular weight excluding hydrogens is 905 g/mol. The zero-order valence-electron chi connectivity index (χ0n) is 34.1. The van der Waals surface area contributed by atoms with E-state index in [-0.39, 0.29) is 97.1 Å². The summed E-state index contributed by atoms with van der Waals surface area (Å²) >= 11 is 18.2. The highest BCUT2D eigenvalue weighted by molar-refractivity contribution is 7.93. The highest BCUT2D eigenvalue weighted by Gasteiger charge is 2.50. The number of hydrogen-bond donors (Lipinski definition) is 2. The predicted octanol–water partition coefficient (Wildman–Crippen LogP) is 7.48. The maximum atomic E-state index is 13.0. The lowest BCUT2D eigenvalue weighted by atomic mass is 9.97. The second-order valence-corrected chi connectivity index (χ2v) is 25.6. The number of halogens is 3. The standard InChI is InChI=1S/C15H18ClNO4S.C14H16ClNO4S.C10H12ClNO4S/c1-14(2,3)13-17-10-6-5-9(16)12(11(10)21-13)22(18,19)15(4)7-20-8-15;1-14(2,3)13-16-10-5-4-9(15)12(11(10)20-13)21(17,18)8-6-19-7-8;1-10(4-16-5-10)17(14,15)9-6(11)2-3-7(12)8(9)13/h5-6H,7-8H2,1-4H3;4-5,8H,6-7H2,1-3H3;2-3,13H,4-5,12H2,1H3. The SMILES string of the molecule is CC(C)(C)c1nc2ccc(Cl)c(S(=O)(=O)C3(C)COC3)c2o1.CC(C)(C)c1nc2ccc(Cl)c(S(=O)(=O)C3COC3)c2o1.CC1(S(=O)(=O)c2c(Cl)ccc(N)c2O)COC1. The number of nitrogens with zero attached hydrogens (tertiary/aromatic N) is 2. The largest absolute Gasteiger partial charge is 0.504 e. The normalized spacial score (nSPS) is 18.1. The first-order chi connectivity index (χ1) is 27.6. The number of fused-ring (bicyclic) bond motifs is 2. The van der Waals surface area contributed by atoms with Gasteiger partial charge in [0.2, 0.25) is 11.8 Å². The molecule has 0 bridgehead atoms. The van der Waals surface area contributed by atoms with Crippen LogP contribution in [0.4, 0.5) is 5.69 Å². The summed E-state index contributed by atoms with van der Waals surface area (Å²) in [7, 11) is -11.0. The molecule has 3 aliphatic rings. The van der Waals surface area contributed by atoms with Gasteiger partial charge >= 0.3 is 0 Å². The minimum atomic E-state index is -3.77. The van der Waals surface area contributed by atoms with Crippen LogP contribution in [0.1, 0.15) is 67.2 Å². The van der Waals surface area contributed by atoms with E-state index in [4.69, 9.17) is 63.6 Å². The number of oxazole rings is 2. The van der Waals surface area contributed by atoms with Crippen LogP contribution < -0.4 is 5.73 Å². The van der Waals surface area contributed by atoms with Crippen molar-refractivity contribution in [3.8, 4) is 5.75 Å². The van der Waals surface area contributed by atoms with Crippen molar-refractivity contribution in [1.82, 2.24) is 9.97 Å². The van der Waals surface area contributed by atoms with Gasteiger partial charge in [-0.2, -0.15) is 0 Å². The summed E-state index contributed by atoms with van der Waals surface area (Å²) in [5, 5.41) is 9.47. The summed E-state index contributed by atoms with van der Waals surface area (Å²) in [4.78, 5) is 8.51. The van der Waals surface area contributed by atoms with E-state index >= 15 is 0 Å². The molecule has 3 saturated heterocycles. The molecule has 328 valence electrons. The summed E-state index contributed by atoms with van der Waals surface area (Å²) in [6, 6.07) is 9.16. The second-order valence-electron chi connectivity index (χ2n) is 17.4. The molecule has 0 amide bonds. The number of phenolic OH excluding ortho intramolecular Hbond substituents is 1. The highest BCUT2D eigenvalue weighted by Crippen LogP contribution is 2.43. The molecule has 3 aliphatic heterocycles. The van der Waals surface area contributed by atoms with Crippen molar-refractivity contribution in [2.45, 2.75) is 95.7 Å². The summed E-state index contributed by atoms with van der Waals surface area (Å²) < 4.78 is 100. The topological polar surface area (TPSA) is 228 Å². The van der Waals surface area contributed by atoms with Gasteiger partial charge in [0.15, 0.2) is 46.4 Å². The molecule has 0 saturated carbocycles. The summed E-state index contributed by atoms with van der Waals surface area (Å²) in [5.74, 6) is 0.475. The van der Waals surface area contributed by atoms with Crippen LogP contribution in [0, 0.1) is 0 Å². The van der Waals surface area contributed by atoms with Crippen molar-refractivity contribution in [1.29, 1.82) is 0 Å². The fourth-order valence-corrected chi connectivity index (χ4v) is 12.4. The quantitative estimate of drug-likeness (QED) is 0.124. The molecule has 60 heavy (non-hydrogen) atoms. The first kappa shape index (κ1) is 46.3. The van der Waals surface area contributed by atoms with Crippen molar-refractivity contribution in [3.63, 3.8) is 0 Å². The van der Waals surface area contributed by atoms with Gasteiger partial charge in [-0.15, -0.1) is 0 Å². The third kappa shape index (κ3) is 8.12. The Balaban J connectivity index is 0.000000152. The number of ether oxygens (including phenoxy) is 3. The van der Waals surface area contributed by atoms with Gasteiger partial charge in [0.25, 0.3) is 0 Å². The highest BCUT2D eigenvalue weighted by atomic mass is 35.5. The van der Waals surface area contributed by atoms with Gasteiger partial charge in [-0.3, -0.25) is 0 Å². The third-order valence-corrected chi connectivity index (χ3v) is 18.5. The van der Waals surface area contributed by atoms with Crippen LogP contribution in [0.15, 0.2) is 59.9 Å². The van der Waals surface area contributed by atoms with Crippen molar-refractivity contribution in [3.05, 3.63) is 63.2 Å². The van der Waals surface area contributed by atoms with E-state index in [0.717, 1.165) is 0 Å². The van der Waals surface area contributed by atoms with Crippen LogP contribution >= 0.6 is 34.8 Å². The molecule has 5 heterocycles. The number of nitrogens with two attached hydrogens (primary N) is 1. The van der Waals surface area contributed by atoms with E-state index in [9.17, 15) is 30.4 Å². The number of aromatic hydroxyl groups is 1. The number of benzene rings is 3. The van der Waals surface area contributed by atoms with Crippen LogP contribution in [0.3, 0.4) is 0 Å². The number of sulfone groups is 3. The van der Waals surface area contributed by atoms with E-state index < -0.39 is 50.0 Å². The van der Waals surface area contributed by atoms with Crippen molar-refractivity contribution in [2.24, 2.45) is 0 Å². The van der Waals surface area contributed by atoms with Crippen LogP contribution in [0.2, 0.25) is 15.1 Å². The lowest BCUT2D eigenvalue weighted by Crippen LogP contribution is -2.53. The maximum Gasteiger partial charge on any atom is 0.200 e. The van der Waals surface area contributed by atoms with E-state index in [1.165, 1.54) is 12.1 Å². The molecule has 0 radical (unpaired) electrons. The molecule has 2 aromatic heterocycles. The number of aromatic nitrogens is 2. The third-order valence-electron chi connectivity index (χ3n) is 10.1. The number of phenols is 1. The number of nitrogen functional groups attached to an aromatic ring is 1. The van der Waals surface area contributed by atoms with Crippen LogP contribution in [0.25, 0.3) is 22.2 Å². The smallest absolute Gasteiger partial charge is 0.200 e. The first-order valence-corrected chi connectivity index (χ1v) is 24.1. The average Bonchev–Trinajstić information content (AvgIpc) is 3.72. The first-order valence-electron chi connectivity index (χ1n) is 18.5. The Bertz CT molecular complexity index is 2820. The number of hydrogen-bond acceptors (Lipinski definition) is 15. The predicted molar refractivity (Wildman–Crippen MR) is 228 cm³/mol. The fourth-order valence-electron chi connectivity index (χ4n) is 6.00. The van der Waals surface area contributed by atoms with Crippen LogP contribution in [0.5, 0.6) is 5.75 Å². The zero-order valence-corrected chi connectivity index (χ0v) is 38.8. The van der Waals surface area contributed by atoms with Gasteiger partial charge < -0.3 is 33.9 Å². The second kappa shape index (κ2) is 15.9. The summed E-state index contributed by atoms with van der Waals surface area (Å²) in [6.07, 6.45) is 0. The lowest BCUT2D eigenvalue weighted by molar-refractivity contribution is -0.00497. The average molecular weight is 951 g/mol. The van der Waals surface area contributed by atoms with Gasteiger partial charge in [-0.25, -0.2) is 35.2 Å². The maximum absolute atomic E-state index is 13.0. The van der Waals surface area contributed by atoms with Gasteiger partial charge in [-0.1, -0.05) is 76.3 Å². The van der Waals surface area contributed by atoms with E-state index in [1.807, 2.05) is 41.5 Å². The van der Waals surface area contributed by atoms with Gasteiger partial charge in [0, 0.05) is 10.8 Å². The molecule has 0 atom stereocenters. The molecule has 0 spiro atoms. The lowest BCUT2D eigenvalue weighted by Gasteiger charge is -2.37. The van der Waals surface area contributed by atoms with Crippen molar-refractivity contribution < 1.29 is 53.4 Å². The Morgan fingerprint density at radius 2 is 1.02 bits per heavy atom. The Labute approximate surface area is 363 Å². The van der Waals surface area contributed by atoms with E-state index in [0.29, 0.717) is 22.8 Å². The molecule has 3 fully saturated rings. The van der Waals surface area contributed by atoms with Gasteiger partial charge in [0.05, 0.1) is 60.4 Å². The minimum Gasteiger partial charge on any atom is -0.504 e. The Morgan fingerprint density at radius 1 is 0.633 bits per heavy atom. The number of anilines is 1. The van der Waals surface area contributed by atoms with Crippen LogP contribution in [-0.2, 0) is 54.6 Å². The molecule has 0 unspecified atom stereocenters. The zero-order chi connectivity index (χ0) is 44.6. The molecule has 21 heteroatoms. The van der Waals surface area contributed by atoms with E-state index in [1.54, 1.807) is 38.1 Å².